The maximum Gasteiger partial charge on any atom is 0.127 e. The fraction of sp³-hybridized carbons (Fsp3) is 0.250. The van der Waals surface area contributed by atoms with Gasteiger partial charge in [-0.25, -0.2) is 4.39 Å². The number of aryl methyl sites for hydroxylation is 1. The van der Waals surface area contributed by atoms with E-state index >= 15 is 0 Å². The summed E-state index contributed by atoms with van der Waals surface area (Å²) in [5.74, 6) is -0.298. The zero-order valence-corrected chi connectivity index (χ0v) is 11.8. The Labute approximate surface area is 118 Å². The number of nitrogens with two attached hydrogens (primary N) is 1. The molecular formula is C16H17ClFN. The molecule has 2 rings (SSSR count). The minimum absolute atomic E-state index is 0.255. The Morgan fingerprint density at radius 2 is 1.84 bits per heavy atom. The van der Waals surface area contributed by atoms with Gasteiger partial charge in [-0.1, -0.05) is 35.9 Å². The molecule has 0 aliphatic heterocycles. The van der Waals surface area contributed by atoms with E-state index in [1.54, 1.807) is 12.1 Å². The maximum absolute atomic E-state index is 13.8. The van der Waals surface area contributed by atoms with Crippen molar-refractivity contribution in [3.63, 3.8) is 0 Å². The average molecular weight is 278 g/mol. The van der Waals surface area contributed by atoms with Gasteiger partial charge < -0.3 is 5.73 Å². The fourth-order valence-corrected chi connectivity index (χ4v) is 2.47. The number of halogens is 2. The molecule has 100 valence electrons. The highest BCUT2D eigenvalue weighted by Gasteiger charge is 2.15. The molecule has 2 N–H and O–H groups in total. The average Bonchev–Trinajstić information content (AvgIpc) is 2.37. The van der Waals surface area contributed by atoms with E-state index < -0.39 is 0 Å². The van der Waals surface area contributed by atoms with Gasteiger partial charge in [-0.15, -0.1) is 0 Å². The molecule has 2 aromatic carbocycles. The van der Waals surface area contributed by atoms with E-state index in [1.807, 2.05) is 32.0 Å². The van der Waals surface area contributed by atoms with Gasteiger partial charge in [-0.05, 0) is 49.1 Å². The van der Waals surface area contributed by atoms with Crippen molar-refractivity contribution in [2.45, 2.75) is 26.3 Å². The molecule has 0 saturated carbocycles. The van der Waals surface area contributed by atoms with Crippen molar-refractivity contribution in [2.75, 3.05) is 0 Å². The van der Waals surface area contributed by atoms with Gasteiger partial charge in [0.1, 0.15) is 5.82 Å². The Hall–Kier alpha value is -1.38. The van der Waals surface area contributed by atoms with Crippen LogP contribution in [0.25, 0.3) is 0 Å². The van der Waals surface area contributed by atoms with Crippen LogP contribution in [0.5, 0.6) is 0 Å². The Balaban J connectivity index is 2.31. The molecule has 0 spiro atoms. The molecule has 2 aromatic rings. The third-order valence-corrected chi connectivity index (χ3v) is 3.89. The van der Waals surface area contributed by atoms with Gasteiger partial charge in [-0.3, -0.25) is 0 Å². The lowest BCUT2D eigenvalue weighted by molar-refractivity contribution is 0.593. The second-order valence-electron chi connectivity index (χ2n) is 4.80. The minimum Gasteiger partial charge on any atom is -0.324 e. The topological polar surface area (TPSA) is 26.0 Å². The second kappa shape index (κ2) is 5.72. The smallest absolute Gasteiger partial charge is 0.127 e. The normalized spacial score (nSPS) is 12.5. The highest BCUT2D eigenvalue weighted by Crippen LogP contribution is 2.26. The van der Waals surface area contributed by atoms with Crippen molar-refractivity contribution in [1.29, 1.82) is 0 Å². The highest BCUT2D eigenvalue weighted by molar-refractivity contribution is 6.31. The lowest BCUT2D eigenvalue weighted by Crippen LogP contribution is -2.16. The molecule has 1 nitrogen and oxygen atoms in total. The zero-order valence-electron chi connectivity index (χ0n) is 11.1. The van der Waals surface area contributed by atoms with Gasteiger partial charge in [0.25, 0.3) is 0 Å². The van der Waals surface area contributed by atoms with Crippen molar-refractivity contribution >= 4 is 11.6 Å². The zero-order chi connectivity index (χ0) is 14.0. The summed E-state index contributed by atoms with van der Waals surface area (Å²) in [5, 5.41) is 0.431. The highest BCUT2D eigenvalue weighted by atomic mass is 35.5. The predicted molar refractivity (Wildman–Crippen MR) is 78.0 cm³/mol. The Bertz CT molecular complexity index is 575. The van der Waals surface area contributed by atoms with E-state index in [-0.39, 0.29) is 11.9 Å². The molecule has 1 unspecified atom stereocenters. The number of benzene rings is 2. The van der Waals surface area contributed by atoms with E-state index in [2.05, 4.69) is 0 Å². The van der Waals surface area contributed by atoms with Crippen molar-refractivity contribution < 1.29 is 4.39 Å². The molecule has 0 aliphatic rings. The van der Waals surface area contributed by atoms with Crippen LogP contribution in [0.2, 0.25) is 5.02 Å². The van der Waals surface area contributed by atoms with Crippen LogP contribution in [0.1, 0.15) is 28.3 Å². The van der Waals surface area contributed by atoms with Gasteiger partial charge in [0.15, 0.2) is 0 Å². The summed E-state index contributed by atoms with van der Waals surface area (Å²) in [6.07, 6.45) is 0.399. The van der Waals surface area contributed by atoms with E-state index in [1.165, 1.54) is 11.6 Å². The molecule has 0 amide bonds. The summed E-state index contributed by atoms with van der Waals surface area (Å²) in [5.41, 5.74) is 10.1. The Morgan fingerprint density at radius 1 is 1.16 bits per heavy atom. The van der Waals surface area contributed by atoms with Gasteiger partial charge >= 0.3 is 0 Å². The summed E-state index contributed by atoms with van der Waals surface area (Å²) < 4.78 is 13.8. The first-order valence-corrected chi connectivity index (χ1v) is 6.63. The lowest BCUT2D eigenvalue weighted by atomic mass is 9.93. The summed E-state index contributed by atoms with van der Waals surface area (Å²) in [4.78, 5) is 0. The van der Waals surface area contributed by atoms with E-state index in [0.717, 1.165) is 11.1 Å². The van der Waals surface area contributed by atoms with Crippen LogP contribution in [0, 0.1) is 19.7 Å². The number of rotatable bonds is 3. The molecule has 0 saturated heterocycles. The fourth-order valence-electron chi connectivity index (χ4n) is 2.23. The van der Waals surface area contributed by atoms with E-state index in [0.29, 0.717) is 17.0 Å². The molecular weight excluding hydrogens is 261 g/mol. The maximum atomic E-state index is 13.8. The van der Waals surface area contributed by atoms with Crippen LogP contribution < -0.4 is 5.73 Å². The predicted octanol–water partition coefficient (Wildman–Crippen LogP) is 4.34. The van der Waals surface area contributed by atoms with Crippen molar-refractivity contribution in [3.8, 4) is 0 Å². The van der Waals surface area contributed by atoms with Gasteiger partial charge in [0.05, 0.1) is 0 Å². The standard InChI is InChI=1S/C16H17ClFN/c1-10-5-3-6-12(11(10)2)16(19)9-13-14(17)7-4-8-15(13)18/h3-8,16H,9,19H2,1-2H3. The second-order valence-corrected chi connectivity index (χ2v) is 5.21. The van der Waals surface area contributed by atoms with Crippen molar-refractivity contribution in [3.05, 3.63) is 69.5 Å². The molecule has 0 heterocycles. The lowest BCUT2D eigenvalue weighted by Gasteiger charge is -2.17. The monoisotopic (exact) mass is 277 g/mol. The summed E-state index contributed by atoms with van der Waals surface area (Å²) in [6, 6.07) is 10.5. The Morgan fingerprint density at radius 3 is 2.53 bits per heavy atom. The first-order valence-electron chi connectivity index (χ1n) is 6.25. The molecule has 0 bridgehead atoms. The van der Waals surface area contributed by atoms with Crippen LogP contribution in [0.15, 0.2) is 36.4 Å². The van der Waals surface area contributed by atoms with Crippen LogP contribution in [-0.4, -0.2) is 0 Å². The molecule has 3 heteroatoms. The van der Waals surface area contributed by atoms with Crippen LogP contribution in [-0.2, 0) is 6.42 Å². The summed E-state index contributed by atoms with van der Waals surface area (Å²) in [7, 11) is 0. The van der Waals surface area contributed by atoms with Crippen molar-refractivity contribution in [2.24, 2.45) is 5.73 Å². The molecule has 19 heavy (non-hydrogen) atoms. The Kier molecular flexibility index (Phi) is 4.23. The third kappa shape index (κ3) is 2.96. The molecule has 0 aromatic heterocycles. The first kappa shape index (κ1) is 14.0. The van der Waals surface area contributed by atoms with Gasteiger partial charge in [0, 0.05) is 16.6 Å². The van der Waals surface area contributed by atoms with Crippen LogP contribution in [0.4, 0.5) is 4.39 Å². The molecule has 0 radical (unpaired) electrons. The van der Waals surface area contributed by atoms with Gasteiger partial charge in [0.2, 0.25) is 0 Å². The summed E-state index contributed by atoms with van der Waals surface area (Å²) in [6.45, 7) is 4.08. The quantitative estimate of drug-likeness (QED) is 0.887. The van der Waals surface area contributed by atoms with E-state index in [9.17, 15) is 4.39 Å². The molecule has 0 aliphatic carbocycles. The summed E-state index contributed by atoms with van der Waals surface area (Å²) >= 11 is 6.04. The molecule has 0 fully saturated rings. The van der Waals surface area contributed by atoms with Crippen LogP contribution in [0.3, 0.4) is 0 Å². The third-order valence-electron chi connectivity index (χ3n) is 3.53. The number of hydrogen-bond donors (Lipinski definition) is 1. The number of hydrogen-bond acceptors (Lipinski definition) is 1. The molecule has 1 atom stereocenters. The largest absolute Gasteiger partial charge is 0.324 e. The van der Waals surface area contributed by atoms with E-state index in [4.69, 9.17) is 17.3 Å². The SMILES string of the molecule is Cc1cccc(C(N)Cc2c(F)cccc2Cl)c1C. The van der Waals surface area contributed by atoms with Crippen LogP contribution >= 0.6 is 11.6 Å². The minimum atomic E-state index is -0.298. The first-order chi connectivity index (χ1) is 9.00. The van der Waals surface area contributed by atoms with Crippen molar-refractivity contribution in [1.82, 2.24) is 0 Å². The van der Waals surface area contributed by atoms with Gasteiger partial charge in [-0.2, -0.15) is 0 Å².